The molecular formula is C12H13NO2S. The van der Waals surface area contributed by atoms with Gasteiger partial charge in [-0.15, -0.1) is 0 Å². The molecule has 0 aliphatic rings. The fourth-order valence-corrected chi connectivity index (χ4v) is 2.13. The van der Waals surface area contributed by atoms with Gasteiger partial charge in [0.1, 0.15) is 5.76 Å². The molecule has 0 aliphatic carbocycles. The molecule has 0 saturated carbocycles. The van der Waals surface area contributed by atoms with Gasteiger partial charge in [0.05, 0.1) is 0 Å². The Balaban J connectivity index is 2.05. The summed E-state index contributed by atoms with van der Waals surface area (Å²) in [5, 5.41) is 4.04. The molecule has 0 saturated heterocycles. The molecule has 0 fully saturated rings. The summed E-state index contributed by atoms with van der Waals surface area (Å²) in [6, 6.07) is 5.52. The van der Waals surface area contributed by atoms with Crippen LogP contribution in [0.25, 0.3) is 0 Å². The number of amides is 1. The molecule has 0 unspecified atom stereocenters. The molecule has 0 atom stereocenters. The summed E-state index contributed by atoms with van der Waals surface area (Å²) in [5.41, 5.74) is 1.14. The summed E-state index contributed by atoms with van der Waals surface area (Å²) in [6.45, 7) is 2.44. The minimum Gasteiger partial charge on any atom is -0.456 e. The molecular weight excluding hydrogens is 222 g/mol. The van der Waals surface area contributed by atoms with E-state index in [1.54, 1.807) is 35.4 Å². The minimum atomic E-state index is -0.0840. The molecule has 16 heavy (non-hydrogen) atoms. The molecule has 0 aromatic carbocycles. The standard InChI is InChI=1S/C12H13NO2S/c1-9-3-4-11(15-9)12(14)13(2)7-10-5-6-16-8-10/h3-6,8H,7H2,1-2H3. The van der Waals surface area contributed by atoms with E-state index in [1.807, 2.05) is 23.8 Å². The van der Waals surface area contributed by atoms with Crippen LogP contribution in [0.5, 0.6) is 0 Å². The van der Waals surface area contributed by atoms with Crippen LogP contribution in [0.4, 0.5) is 0 Å². The maximum Gasteiger partial charge on any atom is 0.289 e. The average molecular weight is 235 g/mol. The van der Waals surface area contributed by atoms with Crippen molar-refractivity contribution in [1.29, 1.82) is 0 Å². The van der Waals surface area contributed by atoms with Crippen LogP contribution in [0, 0.1) is 6.92 Å². The highest BCUT2D eigenvalue weighted by Crippen LogP contribution is 2.13. The predicted molar refractivity (Wildman–Crippen MR) is 63.6 cm³/mol. The lowest BCUT2D eigenvalue weighted by molar-refractivity contribution is 0.0752. The molecule has 0 radical (unpaired) electrons. The number of rotatable bonds is 3. The topological polar surface area (TPSA) is 33.5 Å². The third-order valence-corrected chi connectivity index (χ3v) is 3.03. The number of thiophene rings is 1. The lowest BCUT2D eigenvalue weighted by Crippen LogP contribution is -2.25. The van der Waals surface area contributed by atoms with Crippen molar-refractivity contribution < 1.29 is 9.21 Å². The Morgan fingerprint density at radius 1 is 1.44 bits per heavy atom. The number of aryl methyl sites for hydroxylation is 1. The minimum absolute atomic E-state index is 0.0840. The van der Waals surface area contributed by atoms with Gasteiger partial charge in [-0.1, -0.05) is 0 Å². The van der Waals surface area contributed by atoms with Crippen LogP contribution >= 0.6 is 11.3 Å². The molecule has 2 rings (SSSR count). The number of nitrogens with zero attached hydrogens (tertiary/aromatic N) is 1. The number of carbonyl (C=O) groups excluding carboxylic acids is 1. The van der Waals surface area contributed by atoms with E-state index in [2.05, 4.69) is 0 Å². The molecule has 0 bridgehead atoms. The van der Waals surface area contributed by atoms with E-state index in [1.165, 1.54) is 0 Å². The van der Waals surface area contributed by atoms with Gasteiger partial charge in [0, 0.05) is 13.6 Å². The molecule has 2 heterocycles. The van der Waals surface area contributed by atoms with Crippen LogP contribution in [-0.4, -0.2) is 17.9 Å². The molecule has 3 nitrogen and oxygen atoms in total. The van der Waals surface area contributed by atoms with Gasteiger partial charge in [-0.25, -0.2) is 0 Å². The van der Waals surface area contributed by atoms with Gasteiger partial charge in [0.2, 0.25) is 0 Å². The third-order valence-electron chi connectivity index (χ3n) is 2.30. The Morgan fingerprint density at radius 3 is 2.81 bits per heavy atom. The molecule has 4 heteroatoms. The van der Waals surface area contributed by atoms with Crippen molar-refractivity contribution in [2.75, 3.05) is 7.05 Å². The highest BCUT2D eigenvalue weighted by atomic mass is 32.1. The van der Waals surface area contributed by atoms with Crippen LogP contribution in [0.1, 0.15) is 21.9 Å². The molecule has 84 valence electrons. The number of carbonyl (C=O) groups is 1. The summed E-state index contributed by atoms with van der Waals surface area (Å²) < 4.78 is 5.30. The number of furan rings is 1. The normalized spacial score (nSPS) is 10.4. The van der Waals surface area contributed by atoms with Gasteiger partial charge in [-0.3, -0.25) is 4.79 Å². The predicted octanol–water partition coefficient (Wildman–Crippen LogP) is 2.92. The fourth-order valence-electron chi connectivity index (χ4n) is 1.47. The third kappa shape index (κ3) is 2.33. The average Bonchev–Trinajstić information content (AvgIpc) is 2.88. The van der Waals surface area contributed by atoms with Crippen molar-refractivity contribution in [1.82, 2.24) is 4.90 Å². The molecule has 2 aromatic heterocycles. The summed E-state index contributed by atoms with van der Waals surface area (Å²) in [4.78, 5) is 13.6. The molecule has 0 N–H and O–H groups in total. The lowest BCUT2D eigenvalue weighted by Gasteiger charge is -2.14. The Kier molecular flexibility index (Phi) is 3.10. The largest absolute Gasteiger partial charge is 0.456 e. The van der Waals surface area contributed by atoms with E-state index in [4.69, 9.17) is 4.42 Å². The van der Waals surface area contributed by atoms with E-state index in [-0.39, 0.29) is 5.91 Å². The second-order valence-electron chi connectivity index (χ2n) is 3.70. The van der Waals surface area contributed by atoms with Gasteiger partial charge in [-0.05, 0) is 41.4 Å². The van der Waals surface area contributed by atoms with E-state index < -0.39 is 0 Å². The number of hydrogen-bond acceptors (Lipinski definition) is 3. The zero-order valence-electron chi connectivity index (χ0n) is 9.27. The molecule has 2 aromatic rings. The highest BCUT2D eigenvalue weighted by molar-refractivity contribution is 7.07. The van der Waals surface area contributed by atoms with Crippen molar-refractivity contribution in [3.05, 3.63) is 46.0 Å². The lowest BCUT2D eigenvalue weighted by atomic mass is 10.3. The zero-order chi connectivity index (χ0) is 11.5. The summed E-state index contributed by atoms with van der Waals surface area (Å²) >= 11 is 1.63. The number of hydrogen-bond donors (Lipinski definition) is 0. The van der Waals surface area contributed by atoms with Crippen molar-refractivity contribution in [3.63, 3.8) is 0 Å². The first-order valence-electron chi connectivity index (χ1n) is 5.00. The second-order valence-corrected chi connectivity index (χ2v) is 4.48. The van der Waals surface area contributed by atoms with Gasteiger partial charge in [0.25, 0.3) is 5.91 Å². The van der Waals surface area contributed by atoms with Crippen LogP contribution in [0.15, 0.2) is 33.4 Å². The van der Waals surface area contributed by atoms with Crippen molar-refractivity contribution in [3.8, 4) is 0 Å². The smallest absolute Gasteiger partial charge is 0.289 e. The first-order chi connectivity index (χ1) is 7.66. The van der Waals surface area contributed by atoms with Crippen LogP contribution < -0.4 is 0 Å². The van der Waals surface area contributed by atoms with E-state index in [9.17, 15) is 4.79 Å². The van der Waals surface area contributed by atoms with Gasteiger partial charge < -0.3 is 9.32 Å². The molecule has 1 amide bonds. The summed E-state index contributed by atoms with van der Waals surface area (Å²) in [7, 11) is 1.78. The first kappa shape index (κ1) is 11.0. The SMILES string of the molecule is Cc1ccc(C(=O)N(C)Cc2ccsc2)o1. The van der Waals surface area contributed by atoms with Crippen molar-refractivity contribution in [2.45, 2.75) is 13.5 Å². The summed E-state index contributed by atoms with van der Waals surface area (Å²) in [5.74, 6) is 1.07. The van der Waals surface area contributed by atoms with Gasteiger partial charge in [-0.2, -0.15) is 11.3 Å². The van der Waals surface area contributed by atoms with Gasteiger partial charge in [0.15, 0.2) is 5.76 Å². The highest BCUT2D eigenvalue weighted by Gasteiger charge is 2.15. The van der Waals surface area contributed by atoms with Crippen molar-refractivity contribution in [2.24, 2.45) is 0 Å². The van der Waals surface area contributed by atoms with Crippen molar-refractivity contribution >= 4 is 17.2 Å². The zero-order valence-corrected chi connectivity index (χ0v) is 10.1. The quantitative estimate of drug-likeness (QED) is 0.819. The Labute approximate surface area is 98.3 Å². The first-order valence-corrected chi connectivity index (χ1v) is 5.94. The Bertz CT molecular complexity index is 473. The Hall–Kier alpha value is -1.55. The summed E-state index contributed by atoms with van der Waals surface area (Å²) in [6.07, 6.45) is 0. The maximum atomic E-state index is 11.9. The van der Waals surface area contributed by atoms with Crippen LogP contribution in [0.2, 0.25) is 0 Å². The second kappa shape index (κ2) is 4.53. The van der Waals surface area contributed by atoms with E-state index in [0.717, 1.165) is 11.3 Å². The van der Waals surface area contributed by atoms with Crippen LogP contribution in [-0.2, 0) is 6.54 Å². The van der Waals surface area contributed by atoms with Gasteiger partial charge >= 0.3 is 0 Å². The maximum absolute atomic E-state index is 11.9. The molecule has 0 spiro atoms. The Morgan fingerprint density at radius 2 is 2.25 bits per heavy atom. The van der Waals surface area contributed by atoms with E-state index in [0.29, 0.717) is 12.3 Å². The molecule has 0 aliphatic heterocycles. The monoisotopic (exact) mass is 235 g/mol. The van der Waals surface area contributed by atoms with Crippen LogP contribution in [0.3, 0.4) is 0 Å². The fraction of sp³-hybridized carbons (Fsp3) is 0.250. The van der Waals surface area contributed by atoms with E-state index >= 15 is 0 Å².